The lowest BCUT2D eigenvalue weighted by Crippen LogP contribution is -2.36. The second-order valence-electron chi connectivity index (χ2n) is 3.59. The van der Waals surface area contributed by atoms with Gasteiger partial charge in [-0.25, -0.2) is 4.79 Å². The molecule has 0 aliphatic carbocycles. The van der Waals surface area contributed by atoms with Crippen LogP contribution in [-0.2, 0) is 9.53 Å². The number of rotatable bonds is 5. The minimum Gasteiger partial charge on any atom is -0.436 e. The molecule has 0 saturated carbocycles. The molecule has 0 aliphatic rings. The zero-order chi connectivity index (χ0) is 13.4. The van der Waals surface area contributed by atoms with Gasteiger partial charge in [-0.05, 0) is 5.56 Å². The van der Waals surface area contributed by atoms with E-state index in [4.69, 9.17) is 10.5 Å². The van der Waals surface area contributed by atoms with Crippen molar-refractivity contribution in [1.29, 1.82) is 0 Å². The van der Waals surface area contributed by atoms with Crippen LogP contribution in [0.3, 0.4) is 0 Å². The van der Waals surface area contributed by atoms with Crippen molar-refractivity contribution in [2.45, 2.75) is 12.5 Å². The molecule has 2 amide bonds. The first-order chi connectivity index (χ1) is 8.63. The van der Waals surface area contributed by atoms with Gasteiger partial charge in [0.05, 0.1) is 0 Å². The zero-order valence-corrected chi connectivity index (χ0v) is 10.1. The molecule has 0 heterocycles. The van der Waals surface area contributed by atoms with Gasteiger partial charge in [0.1, 0.15) is 0 Å². The van der Waals surface area contributed by atoms with Crippen LogP contribution >= 0.6 is 0 Å². The number of likely N-dealkylation sites (N-methyl/N-ethyl adjacent to an activating group) is 1. The van der Waals surface area contributed by atoms with Crippen molar-refractivity contribution in [3.63, 3.8) is 0 Å². The van der Waals surface area contributed by atoms with E-state index in [0.29, 0.717) is 0 Å². The Morgan fingerprint density at radius 3 is 2.61 bits per heavy atom. The smallest absolute Gasteiger partial charge is 0.405 e. The van der Waals surface area contributed by atoms with Crippen LogP contribution in [0.4, 0.5) is 4.79 Å². The SMILES string of the molecule is CNC(=O)C(CC=Cc1ccccc1)OC(N)=O. The number of carbonyl (C=O) groups is 2. The van der Waals surface area contributed by atoms with Crippen LogP contribution in [0, 0.1) is 0 Å². The van der Waals surface area contributed by atoms with Crippen LogP contribution in [0.1, 0.15) is 12.0 Å². The van der Waals surface area contributed by atoms with E-state index in [1.165, 1.54) is 7.05 Å². The number of nitrogens with one attached hydrogen (secondary N) is 1. The highest BCUT2D eigenvalue weighted by Crippen LogP contribution is 2.05. The number of amides is 2. The van der Waals surface area contributed by atoms with Crippen LogP contribution in [0.5, 0.6) is 0 Å². The highest BCUT2D eigenvalue weighted by atomic mass is 16.6. The lowest BCUT2D eigenvalue weighted by atomic mass is 10.1. The van der Waals surface area contributed by atoms with Gasteiger partial charge in [0.25, 0.3) is 5.91 Å². The van der Waals surface area contributed by atoms with E-state index in [2.05, 4.69) is 5.32 Å². The first-order valence-corrected chi connectivity index (χ1v) is 5.52. The number of hydrogen-bond donors (Lipinski definition) is 2. The molecule has 1 rings (SSSR count). The van der Waals surface area contributed by atoms with Crippen LogP contribution in [0.15, 0.2) is 36.4 Å². The molecule has 1 aromatic carbocycles. The maximum Gasteiger partial charge on any atom is 0.405 e. The van der Waals surface area contributed by atoms with Crippen molar-refractivity contribution >= 4 is 18.1 Å². The number of ether oxygens (including phenoxy) is 1. The highest BCUT2D eigenvalue weighted by molar-refractivity contribution is 5.83. The van der Waals surface area contributed by atoms with Gasteiger partial charge in [0, 0.05) is 13.5 Å². The molecule has 1 atom stereocenters. The maximum absolute atomic E-state index is 11.4. The molecule has 0 fully saturated rings. The van der Waals surface area contributed by atoms with Gasteiger partial charge in [0.15, 0.2) is 6.10 Å². The van der Waals surface area contributed by atoms with Crippen molar-refractivity contribution in [1.82, 2.24) is 5.32 Å². The summed E-state index contributed by atoms with van der Waals surface area (Å²) in [6.45, 7) is 0. The fourth-order valence-corrected chi connectivity index (χ4v) is 1.40. The summed E-state index contributed by atoms with van der Waals surface area (Å²) in [5.41, 5.74) is 5.91. The summed E-state index contributed by atoms with van der Waals surface area (Å²) >= 11 is 0. The van der Waals surface area contributed by atoms with E-state index >= 15 is 0 Å². The van der Waals surface area contributed by atoms with E-state index in [9.17, 15) is 9.59 Å². The topological polar surface area (TPSA) is 81.4 Å². The molecule has 1 unspecified atom stereocenters. The lowest BCUT2D eigenvalue weighted by molar-refractivity contribution is -0.128. The second kappa shape index (κ2) is 7.11. The van der Waals surface area contributed by atoms with Crippen LogP contribution < -0.4 is 11.1 Å². The van der Waals surface area contributed by atoms with Crippen molar-refractivity contribution in [2.75, 3.05) is 7.05 Å². The molecule has 0 bridgehead atoms. The van der Waals surface area contributed by atoms with Gasteiger partial charge in [-0.1, -0.05) is 42.5 Å². The average molecular weight is 248 g/mol. The molecule has 96 valence electrons. The Morgan fingerprint density at radius 2 is 2.06 bits per heavy atom. The monoisotopic (exact) mass is 248 g/mol. The van der Waals surface area contributed by atoms with Gasteiger partial charge in [0.2, 0.25) is 0 Å². The number of carbonyl (C=O) groups excluding carboxylic acids is 2. The molecule has 0 aliphatic heterocycles. The third-order valence-electron chi connectivity index (χ3n) is 2.26. The van der Waals surface area contributed by atoms with E-state index in [1.54, 1.807) is 6.08 Å². The molecule has 1 aromatic rings. The predicted molar refractivity (Wildman–Crippen MR) is 68.6 cm³/mol. The largest absolute Gasteiger partial charge is 0.436 e. The van der Waals surface area contributed by atoms with Gasteiger partial charge in [-0.2, -0.15) is 0 Å². The summed E-state index contributed by atoms with van der Waals surface area (Å²) in [4.78, 5) is 22.1. The summed E-state index contributed by atoms with van der Waals surface area (Å²) in [5, 5.41) is 2.41. The van der Waals surface area contributed by atoms with Crippen molar-refractivity contribution in [2.24, 2.45) is 5.73 Å². The molecule has 0 aromatic heterocycles. The molecule has 0 saturated heterocycles. The van der Waals surface area contributed by atoms with Gasteiger partial charge >= 0.3 is 6.09 Å². The Morgan fingerprint density at radius 1 is 1.39 bits per heavy atom. The standard InChI is InChI=1S/C13H16N2O3/c1-15-12(16)11(18-13(14)17)9-5-8-10-6-3-2-4-7-10/h2-8,11H,9H2,1H3,(H2,14,17)(H,15,16). The Bertz CT molecular complexity index is 429. The van der Waals surface area contributed by atoms with Crippen LogP contribution in [-0.4, -0.2) is 25.2 Å². The van der Waals surface area contributed by atoms with Gasteiger partial charge in [-0.3, -0.25) is 4.79 Å². The number of benzene rings is 1. The molecule has 0 spiro atoms. The van der Waals surface area contributed by atoms with Crippen LogP contribution in [0.2, 0.25) is 0 Å². The van der Waals surface area contributed by atoms with E-state index in [1.807, 2.05) is 36.4 Å². The Hall–Kier alpha value is -2.30. The van der Waals surface area contributed by atoms with E-state index < -0.39 is 12.2 Å². The van der Waals surface area contributed by atoms with Crippen LogP contribution in [0.25, 0.3) is 6.08 Å². The average Bonchev–Trinajstić information content (AvgIpc) is 2.37. The molecule has 5 heteroatoms. The molecular formula is C13H16N2O3. The third kappa shape index (κ3) is 4.69. The Labute approximate surface area is 106 Å². The number of nitrogens with two attached hydrogens (primary N) is 1. The number of primary amides is 1. The fourth-order valence-electron chi connectivity index (χ4n) is 1.40. The first kappa shape index (κ1) is 13.8. The minimum absolute atomic E-state index is 0.275. The van der Waals surface area contributed by atoms with E-state index in [0.717, 1.165) is 5.56 Å². The second-order valence-corrected chi connectivity index (χ2v) is 3.59. The summed E-state index contributed by atoms with van der Waals surface area (Å²) in [6, 6.07) is 9.60. The minimum atomic E-state index is -0.961. The van der Waals surface area contributed by atoms with Crippen molar-refractivity contribution < 1.29 is 14.3 Å². The van der Waals surface area contributed by atoms with Gasteiger partial charge < -0.3 is 15.8 Å². The summed E-state index contributed by atoms with van der Waals surface area (Å²) in [6.07, 6.45) is 2.03. The predicted octanol–water partition coefficient (Wildman–Crippen LogP) is 1.30. The van der Waals surface area contributed by atoms with Gasteiger partial charge in [-0.15, -0.1) is 0 Å². The third-order valence-corrected chi connectivity index (χ3v) is 2.26. The first-order valence-electron chi connectivity index (χ1n) is 5.52. The highest BCUT2D eigenvalue weighted by Gasteiger charge is 2.18. The maximum atomic E-state index is 11.4. The molecular weight excluding hydrogens is 232 g/mol. The summed E-state index contributed by atoms with van der Waals surface area (Å²) < 4.78 is 4.72. The quantitative estimate of drug-likeness (QED) is 0.824. The zero-order valence-electron chi connectivity index (χ0n) is 10.1. The fraction of sp³-hybridized carbons (Fsp3) is 0.231. The number of hydrogen-bond acceptors (Lipinski definition) is 3. The molecule has 3 N–H and O–H groups in total. The summed E-state index contributed by atoms with van der Waals surface area (Å²) in [7, 11) is 1.47. The van der Waals surface area contributed by atoms with E-state index in [-0.39, 0.29) is 12.3 Å². The Kier molecular flexibility index (Phi) is 5.44. The molecule has 5 nitrogen and oxygen atoms in total. The lowest BCUT2D eigenvalue weighted by Gasteiger charge is -2.12. The molecule has 18 heavy (non-hydrogen) atoms. The Balaban J connectivity index is 2.59. The molecule has 0 radical (unpaired) electrons. The van der Waals surface area contributed by atoms with Crippen molar-refractivity contribution in [3.05, 3.63) is 42.0 Å². The van der Waals surface area contributed by atoms with Crippen molar-refractivity contribution in [3.8, 4) is 0 Å². The normalized spacial score (nSPS) is 12.1. The summed E-state index contributed by atoms with van der Waals surface area (Å²) in [5.74, 6) is -0.383.